The molecule has 3 rings (SSSR count). The van der Waals surface area contributed by atoms with Gasteiger partial charge in [0.1, 0.15) is 11.5 Å². The topological polar surface area (TPSA) is 86.4 Å². The Balaban J connectivity index is 0.00000145. The average molecular weight is 397 g/mol. The monoisotopic (exact) mass is 397 g/mol. The summed E-state index contributed by atoms with van der Waals surface area (Å²) < 4.78 is 12.2. The van der Waals surface area contributed by atoms with Crippen LogP contribution in [-0.2, 0) is 11.3 Å². The van der Waals surface area contributed by atoms with Crippen molar-refractivity contribution in [2.75, 3.05) is 13.7 Å². The van der Waals surface area contributed by atoms with Crippen LogP contribution in [0.5, 0.6) is 5.75 Å². The van der Waals surface area contributed by atoms with Crippen molar-refractivity contribution in [3.05, 3.63) is 70.0 Å². The number of aromatic nitrogens is 2. The van der Waals surface area contributed by atoms with Gasteiger partial charge in [-0.25, -0.2) is 0 Å². The molecule has 0 aliphatic carbocycles. The van der Waals surface area contributed by atoms with Gasteiger partial charge in [0.25, 0.3) is 11.5 Å². The molecule has 0 unspecified atom stereocenters. The molecule has 29 heavy (non-hydrogen) atoms. The van der Waals surface area contributed by atoms with Gasteiger partial charge in [0.2, 0.25) is 0 Å². The number of rotatable bonds is 6. The minimum Gasteiger partial charge on any atom is -0.484 e. The third-order valence-electron chi connectivity index (χ3n) is 4.23. The first-order valence-electron chi connectivity index (χ1n) is 9.54. The molecule has 7 heteroatoms. The number of carbonyl (C=O) groups is 1. The lowest BCUT2D eigenvalue weighted by molar-refractivity contribution is -0.122. The summed E-state index contributed by atoms with van der Waals surface area (Å²) in [6.07, 6.45) is 1.81. The summed E-state index contributed by atoms with van der Waals surface area (Å²) in [5.41, 5.74) is 3.43. The molecule has 0 saturated heterocycles. The van der Waals surface area contributed by atoms with E-state index in [1.54, 1.807) is 35.9 Å². The van der Waals surface area contributed by atoms with Crippen LogP contribution >= 0.6 is 0 Å². The highest BCUT2D eigenvalue weighted by atomic mass is 16.5. The Kier molecular flexibility index (Phi) is 7.77. The first kappa shape index (κ1) is 21.9. The normalized spacial score (nSPS) is 10.1. The average Bonchev–Trinajstić information content (AvgIpc) is 3.08. The SMILES string of the molecule is CC.CNC(=O)COc1ccc(Cn2cc(-c3c(C)noc3C)ccc2=O)cc1. The summed E-state index contributed by atoms with van der Waals surface area (Å²) in [4.78, 5) is 23.5. The molecule has 1 aromatic carbocycles. The molecule has 0 saturated carbocycles. The maximum atomic E-state index is 12.2. The van der Waals surface area contributed by atoms with Gasteiger partial charge < -0.3 is 19.1 Å². The van der Waals surface area contributed by atoms with E-state index in [9.17, 15) is 9.59 Å². The van der Waals surface area contributed by atoms with E-state index < -0.39 is 0 Å². The van der Waals surface area contributed by atoms with Crippen LogP contribution in [0, 0.1) is 13.8 Å². The van der Waals surface area contributed by atoms with Gasteiger partial charge in [-0.1, -0.05) is 31.1 Å². The molecule has 0 radical (unpaired) electrons. The van der Waals surface area contributed by atoms with Crippen molar-refractivity contribution < 1.29 is 14.1 Å². The molecule has 154 valence electrons. The summed E-state index contributed by atoms with van der Waals surface area (Å²) in [6, 6.07) is 10.6. The van der Waals surface area contributed by atoms with Crippen LogP contribution in [-0.4, -0.2) is 29.3 Å². The number of pyridine rings is 1. The van der Waals surface area contributed by atoms with Crippen molar-refractivity contribution in [3.63, 3.8) is 0 Å². The van der Waals surface area contributed by atoms with Gasteiger partial charge in [-0.05, 0) is 37.6 Å². The molecular formula is C22H27N3O4. The quantitative estimate of drug-likeness (QED) is 0.690. The highest BCUT2D eigenvalue weighted by molar-refractivity contribution is 5.77. The number of benzene rings is 1. The largest absolute Gasteiger partial charge is 0.484 e. The number of nitrogens with zero attached hydrogens (tertiary/aromatic N) is 2. The van der Waals surface area contributed by atoms with E-state index >= 15 is 0 Å². The van der Waals surface area contributed by atoms with Gasteiger partial charge in [0.05, 0.1) is 12.2 Å². The van der Waals surface area contributed by atoms with E-state index in [0.717, 1.165) is 28.1 Å². The lowest BCUT2D eigenvalue weighted by Gasteiger charge is -2.10. The van der Waals surface area contributed by atoms with Crippen molar-refractivity contribution in [3.8, 4) is 16.9 Å². The zero-order valence-corrected chi connectivity index (χ0v) is 17.5. The number of carbonyl (C=O) groups excluding carboxylic acids is 1. The van der Waals surface area contributed by atoms with E-state index in [1.165, 1.54) is 0 Å². The third-order valence-corrected chi connectivity index (χ3v) is 4.23. The van der Waals surface area contributed by atoms with Gasteiger partial charge in [-0.3, -0.25) is 9.59 Å². The molecule has 0 atom stereocenters. The number of hydrogen-bond acceptors (Lipinski definition) is 5. The van der Waals surface area contributed by atoms with Crippen molar-refractivity contribution >= 4 is 5.91 Å². The fourth-order valence-electron chi connectivity index (χ4n) is 2.81. The zero-order valence-electron chi connectivity index (χ0n) is 17.5. The molecule has 0 bridgehead atoms. The first-order chi connectivity index (χ1) is 14.0. The molecule has 0 aliphatic heterocycles. The van der Waals surface area contributed by atoms with E-state index in [1.807, 2.05) is 46.0 Å². The molecule has 2 aromatic heterocycles. The number of nitrogens with one attached hydrogen (secondary N) is 1. The highest BCUT2D eigenvalue weighted by Crippen LogP contribution is 2.25. The summed E-state index contributed by atoms with van der Waals surface area (Å²) >= 11 is 0. The summed E-state index contributed by atoms with van der Waals surface area (Å²) in [5.74, 6) is 1.12. The fourth-order valence-corrected chi connectivity index (χ4v) is 2.81. The first-order valence-corrected chi connectivity index (χ1v) is 9.54. The molecule has 0 fully saturated rings. The Labute approximate surface area is 170 Å². The molecule has 3 aromatic rings. The second-order valence-corrected chi connectivity index (χ2v) is 6.19. The van der Waals surface area contributed by atoms with Crippen molar-refractivity contribution in [1.82, 2.24) is 15.0 Å². The predicted octanol–water partition coefficient (Wildman–Crippen LogP) is 3.32. The maximum absolute atomic E-state index is 12.2. The smallest absolute Gasteiger partial charge is 0.257 e. The van der Waals surface area contributed by atoms with Crippen LogP contribution in [0.4, 0.5) is 0 Å². The van der Waals surface area contributed by atoms with E-state index in [0.29, 0.717) is 12.3 Å². The Morgan fingerprint density at radius 1 is 1.14 bits per heavy atom. The summed E-state index contributed by atoms with van der Waals surface area (Å²) in [7, 11) is 1.56. The standard InChI is InChI=1S/C20H21N3O4.C2H6/c1-13-20(14(2)27-22-13)16-6-9-19(25)23(11-16)10-15-4-7-17(8-5-15)26-12-18(24)21-3;1-2/h4-9,11H,10,12H2,1-3H3,(H,21,24);1-2H3. The van der Waals surface area contributed by atoms with E-state index in [-0.39, 0.29) is 18.1 Å². The Morgan fingerprint density at radius 3 is 2.41 bits per heavy atom. The highest BCUT2D eigenvalue weighted by Gasteiger charge is 2.12. The Morgan fingerprint density at radius 2 is 1.83 bits per heavy atom. The number of amides is 1. The molecule has 1 N–H and O–H groups in total. The van der Waals surface area contributed by atoms with Gasteiger partial charge in [0, 0.05) is 30.4 Å². The number of aryl methyl sites for hydroxylation is 2. The van der Waals surface area contributed by atoms with Crippen LogP contribution in [0.2, 0.25) is 0 Å². The lowest BCUT2D eigenvalue weighted by atomic mass is 10.1. The van der Waals surface area contributed by atoms with Crippen LogP contribution in [0.3, 0.4) is 0 Å². The van der Waals surface area contributed by atoms with Crippen LogP contribution < -0.4 is 15.6 Å². The zero-order chi connectivity index (χ0) is 21.4. The van der Waals surface area contributed by atoms with Gasteiger partial charge in [-0.2, -0.15) is 0 Å². The van der Waals surface area contributed by atoms with Crippen LogP contribution in [0.25, 0.3) is 11.1 Å². The van der Waals surface area contributed by atoms with E-state index in [4.69, 9.17) is 9.26 Å². The number of hydrogen-bond donors (Lipinski definition) is 1. The molecule has 0 spiro atoms. The molecule has 7 nitrogen and oxygen atoms in total. The maximum Gasteiger partial charge on any atom is 0.257 e. The summed E-state index contributed by atoms with van der Waals surface area (Å²) in [5, 5.41) is 6.47. The summed E-state index contributed by atoms with van der Waals surface area (Å²) in [6.45, 7) is 8.11. The Bertz CT molecular complexity index is 984. The minimum atomic E-state index is -0.193. The second-order valence-electron chi connectivity index (χ2n) is 6.19. The van der Waals surface area contributed by atoms with Crippen LogP contribution in [0.15, 0.2) is 51.9 Å². The molecule has 0 aliphatic rings. The third kappa shape index (κ3) is 5.57. The van der Waals surface area contributed by atoms with Crippen molar-refractivity contribution in [2.45, 2.75) is 34.2 Å². The van der Waals surface area contributed by atoms with Crippen molar-refractivity contribution in [2.24, 2.45) is 0 Å². The fraction of sp³-hybridized carbons (Fsp3) is 0.318. The number of ether oxygens (including phenoxy) is 1. The van der Waals surface area contributed by atoms with Crippen molar-refractivity contribution in [1.29, 1.82) is 0 Å². The van der Waals surface area contributed by atoms with Crippen LogP contribution in [0.1, 0.15) is 30.9 Å². The Hall–Kier alpha value is -3.35. The van der Waals surface area contributed by atoms with Gasteiger partial charge >= 0.3 is 0 Å². The molecule has 1 amide bonds. The van der Waals surface area contributed by atoms with Gasteiger partial charge in [-0.15, -0.1) is 0 Å². The molecule has 2 heterocycles. The molecular weight excluding hydrogens is 370 g/mol. The lowest BCUT2D eigenvalue weighted by Crippen LogP contribution is -2.24. The minimum absolute atomic E-state index is 0.0329. The van der Waals surface area contributed by atoms with E-state index in [2.05, 4.69) is 10.5 Å². The predicted molar refractivity (Wildman–Crippen MR) is 112 cm³/mol. The number of likely N-dealkylation sites (N-methyl/N-ethyl adjacent to an activating group) is 1. The second kappa shape index (κ2) is 10.3. The van der Waals surface area contributed by atoms with Gasteiger partial charge in [0.15, 0.2) is 6.61 Å².